The third-order valence-corrected chi connectivity index (χ3v) is 3.98. The molecular formula is C22H20O5. The number of aromatic carboxylic acids is 1. The van der Waals surface area contributed by atoms with Gasteiger partial charge in [-0.2, -0.15) is 0 Å². The lowest BCUT2D eigenvalue weighted by Crippen LogP contribution is -2.10. The summed E-state index contributed by atoms with van der Waals surface area (Å²) in [6.07, 6.45) is 0. The second kappa shape index (κ2) is 8.76. The maximum Gasteiger partial charge on any atom is 0.335 e. The van der Waals surface area contributed by atoms with E-state index in [1.165, 1.54) is 19.2 Å². The Kier molecular flexibility index (Phi) is 5.94. The number of carboxylic acid groups (broad SMARTS) is 1. The Morgan fingerprint density at radius 3 is 2.19 bits per heavy atom. The molecule has 0 aliphatic carbocycles. The highest BCUT2D eigenvalue weighted by Crippen LogP contribution is 2.30. The van der Waals surface area contributed by atoms with Crippen molar-refractivity contribution in [2.45, 2.75) is 0 Å². The first-order valence-electron chi connectivity index (χ1n) is 8.50. The van der Waals surface area contributed by atoms with Crippen molar-refractivity contribution in [1.82, 2.24) is 0 Å². The van der Waals surface area contributed by atoms with Crippen LogP contribution in [-0.4, -0.2) is 31.4 Å². The zero-order valence-corrected chi connectivity index (χ0v) is 14.9. The zero-order valence-electron chi connectivity index (χ0n) is 14.9. The SMILES string of the molecule is COc1cc(C(=O)O)ccc1OCCOc1ccccc1-c1ccccc1. The second-order valence-electron chi connectivity index (χ2n) is 5.73. The number of rotatable bonds is 8. The molecule has 0 aliphatic heterocycles. The molecule has 0 saturated heterocycles. The van der Waals surface area contributed by atoms with Crippen LogP contribution in [0.1, 0.15) is 10.4 Å². The van der Waals surface area contributed by atoms with Crippen LogP contribution in [0.25, 0.3) is 11.1 Å². The fourth-order valence-corrected chi connectivity index (χ4v) is 2.67. The van der Waals surface area contributed by atoms with Gasteiger partial charge in [0.05, 0.1) is 12.7 Å². The third-order valence-electron chi connectivity index (χ3n) is 3.98. The second-order valence-corrected chi connectivity index (χ2v) is 5.73. The summed E-state index contributed by atoms with van der Waals surface area (Å²) >= 11 is 0. The molecule has 0 amide bonds. The van der Waals surface area contributed by atoms with Crippen LogP contribution in [0.5, 0.6) is 17.2 Å². The Balaban J connectivity index is 1.63. The Hall–Kier alpha value is -3.47. The molecule has 0 aromatic heterocycles. The van der Waals surface area contributed by atoms with Gasteiger partial charge in [-0.25, -0.2) is 4.79 Å². The quantitative estimate of drug-likeness (QED) is 0.596. The van der Waals surface area contributed by atoms with Gasteiger partial charge in [-0.1, -0.05) is 48.5 Å². The normalized spacial score (nSPS) is 10.3. The van der Waals surface area contributed by atoms with E-state index in [4.69, 9.17) is 19.3 Å². The Morgan fingerprint density at radius 2 is 1.48 bits per heavy atom. The zero-order chi connectivity index (χ0) is 19.1. The number of hydrogen-bond acceptors (Lipinski definition) is 4. The van der Waals surface area contributed by atoms with E-state index in [1.807, 2.05) is 54.6 Å². The van der Waals surface area contributed by atoms with E-state index in [9.17, 15) is 4.79 Å². The lowest BCUT2D eigenvalue weighted by molar-refractivity contribution is 0.0696. The van der Waals surface area contributed by atoms with Gasteiger partial charge < -0.3 is 19.3 Å². The first kappa shape index (κ1) is 18.3. The highest BCUT2D eigenvalue weighted by molar-refractivity contribution is 5.88. The molecule has 0 aliphatic rings. The van der Waals surface area contributed by atoms with E-state index in [2.05, 4.69) is 0 Å². The molecule has 1 N–H and O–H groups in total. The number of para-hydroxylation sites is 1. The first-order chi connectivity index (χ1) is 13.2. The van der Waals surface area contributed by atoms with Crippen LogP contribution in [0.3, 0.4) is 0 Å². The first-order valence-corrected chi connectivity index (χ1v) is 8.50. The average Bonchev–Trinajstić information content (AvgIpc) is 2.72. The van der Waals surface area contributed by atoms with Gasteiger partial charge in [0, 0.05) is 5.56 Å². The molecule has 0 atom stereocenters. The van der Waals surface area contributed by atoms with Gasteiger partial charge in [0.2, 0.25) is 0 Å². The Morgan fingerprint density at radius 1 is 0.815 bits per heavy atom. The molecule has 0 spiro atoms. The molecule has 27 heavy (non-hydrogen) atoms. The smallest absolute Gasteiger partial charge is 0.335 e. The summed E-state index contributed by atoms with van der Waals surface area (Å²) in [4.78, 5) is 11.0. The Labute approximate surface area is 157 Å². The number of carbonyl (C=O) groups is 1. The van der Waals surface area contributed by atoms with Crippen LogP contribution in [0, 0.1) is 0 Å². The van der Waals surface area contributed by atoms with Gasteiger partial charge >= 0.3 is 5.97 Å². The lowest BCUT2D eigenvalue weighted by Gasteiger charge is -2.14. The fraction of sp³-hybridized carbons (Fsp3) is 0.136. The molecule has 0 fully saturated rings. The predicted molar refractivity (Wildman–Crippen MR) is 103 cm³/mol. The van der Waals surface area contributed by atoms with Crippen molar-refractivity contribution in [3.05, 3.63) is 78.4 Å². The molecule has 3 aromatic rings. The molecule has 0 heterocycles. The van der Waals surface area contributed by atoms with Gasteiger partial charge in [-0.15, -0.1) is 0 Å². The maximum absolute atomic E-state index is 11.0. The van der Waals surface area contributed by atoms with E-state index in [-0.39, 0.29) is 5.56 Å². The molecule has 3 rings (SSSR count). The van der Waals surface area contributed by atoms with Crippen LogP contribution in [-0.2, 0) is 0 Å². The topological polar surface area (TPSA) is 65.0 Å². The molecule has 0 radical (unpaired) electrons. The van der Waals surface area contributed by atoms with Crippen LogP contribution in [0.4, 0.5) is 0 Å². The number of hydrogen-bond donors (Lipinski definition) is 1. The lowest BCUT2D eigenvalue weighted by atomic mass is 10.1. The van der Waals surface area contributed by atoms with Crippen molar-refractivity contribution in [2.75, 3.05) is 20.3 Å². The molecule has 0 unspecified atom stereocenters. The molecule has 0 saturated carbocycles. The van der Waals surface area contributed by atoms with E-state index < -0.39 is 5.97 Å². The van der Waals surface area contributed by atoms with Crippen LogP contribution >= 0.6 is 0 Å². The molecule has 3 aromatic carbocycles. The van der Waals surface area contributed by atoms with Crippen molar-refractivity contribution >= 4 is 5.97 Å². The highest BCUT2D eigenvalue weighted by Gasteiger charge is 2.10. The minimum atomic E-state index is -1.01. The molecule has 5 heteroatoms. The summed E-state index contributed by atoms with van der Waals surface area (Å²) in [5.41, 5.74) is 2.24. The van der Waals surface area contributed by atoms with Crippen molar-refractivity contribution in [3.63, 3.8) is 0 Å². The van der Waals surface area contributed by atoms with Crippen molar-refractivity contribution in [2.24, 2.45) is 0 Å². The number of carboxylic acids is 1. The van der Waals surface area contributed by atoms with E-state index in [1.54, 1.807) is 6.07 Å². The molecule has 5 nitrogen and oxygen atoms in total. The minimum absolute atomic E-state index is 0.146. The summed E-state index contributed by atoms with van der Waals surface area (Å²) in [7, 11) is 1.47. The van der Waals surface area contributed by atoms with E-state index >= 15 is 0 Å². The molecule has 0 bridgehead atoms. The number of benzene rings is 3. The Bertz CT molecular complexity index is 906. The van der Waals surface area contributed by atoms with Gasteiger partial charge in [0.25, 0.3) is 0 Å². The summed E-state index contributed by atoms with van der Waals surface area (Å²) in [5, 5.41) is 9.04. The molecular weight excluding hydrogens is 344 g/mol. The molecule has 138 valence electrons. The standard InChI is InChI=1S/C22H20O5/c1-25-21-15-17(22(23)24)11-12-20(21)27-14-13-26-19-10-6-5-9-18(19)16-7-3-2-4-8-16/h2-12,15H,13-14H2,1H3,(H,23,24). The summed E-state index contributed by atoms with van der Waals surface area (Å²) in [6, 6.07) is 22.4. The van der Waals surface area contributed by atoms with Crippen LogP contribution in [0.2, 0.25) is 0 Å². The minimum Gasteiger partial charge on any atom is -0.493 e. The van der Waals surface area contributed by atoms with Gasteiger partial charge in [0.15, 0.2) is 11.5 Å². The van der Waals surface area contributed by atoms with Gasteiger partial charge in [-0.05, 0) is 29.8 Å². The van der Waals surface area contributed by atoms with Crippen molar-refractivity contribution < 1.29 is 24.1 Å². The predicted octanol–water partition coefficient (Wildman–Crippen LogP) is 4.52. The number of methoxy groups -OCH3 is 1. The van der Waals surface area contributed by atoms with Crippen molar-refractivity contribution in [1.29, 1.82) is 0 Å². The monoisotopic (exact) mass is 364 g/mol. The largest absolute Gasteiger partial charge is 0.493 e. The maximum atomic E-state index is 11.0. The average molecular weight is 364 g/mol. The highest BCUT2D eigenvalue weighted by atomic mass is 16.5. The fourth-order valence-electron chi connectivity index (χ4n) is 2.67. The number of ether oxygens (including phenoxy) is 3. The van der Waals surface area contributed by atoms with E-state index in [0.29, 0.717) is 24.7 Å². The summed E-state index contributed by atoms with van der Waals surface area (Å²) < 4.78 is 16.8. The van der Waals surface area contributed by atoms with Crippen LogP contribution < -0.4 is 14.2 Å². The van der Waals surface area contributed by atoms with Crippen molar-refractivity contribution in [3.8, 4) is 28.4 Å². The van der Waals surface area contributed by atoms with E-state index in [0.717, 1.165) is 16.9 Å². The van der Waals surface area contributed by atoms with Crippen LogP contribution in [0.15, 0.2) is 72.8 Å². The summed E-state index contributed by atoms with van der Waals surface area (Å²) in [5.74, 6) is 0.614. The van der Waals surface area contributed by atoms with Gasteiger partial charge in [-0.3, -0.25) is 0 Å². The summed E-state index contributed by atoms with van der Waals surface area (Å²) in [6.45, 7) is 0.638. The third kappa shape index (κ3) is 4.58. The van der Waals surface area contributed by atoms with Gasteiger partial charge in [0.1, 0.15) is 19.0 Å².